The highest BCUT2D eigenvalue weighted by Crippen LogP contribution is 2.40. The number of hydrogen-bond donors (Lipinski definition) is 4. The first-order chi connectivity index (χ1) is 14.4. The molecule has 0 unspecified atom stereocenters. The third-order valence-electron chi connectivity index (χ3n) is 5.41. The van der Waals surface area contributed by atoms with Crippen LogP contribution in [-0.2, 0) is 17.8 Å². The van der Waals surface area contributed by atoms with Gasteiger partial charge in [-0.15, -0.1) is 0 Å². The lowest BCUT2D eigenvalue weighted by Crippen LogP contribution is -2.15. The van der Waals surface area contributed by atoms with Gasteiger partial charge in [0.05, 0.1) is 5.56 Å². The van der Waals surface area contributed by atoms with Crippen LogP contribution in [0.3, 0.4) is 0 Å². The average molecular weight is 418 g/mol. The number of carboxylic acid groups (broad SMARTS) is 1. The lowest BCUT2D eigenvalue weighted by Gasteiger charge is -2.13. The van der Waals surface area contributed by atoms with Crippen molar-refractivity contribution >= 4 is 17.7 Å². The van der Waals surface area contributed by atoms with Gasteiger partial charge in [0.25, 0.3) is 5.91 Å². The maximum absolute atomic E-state index is 12.1. The van der Waals surface area contributed by atoms with Gasteiger partial charge in [-0.3, -0.25) is 9.59 Å². The van der Waals surface area contributed by atoms with Gasteiger partial charge in [0.15, 0.2) is 5.78 Å². The summed E-state index contributed by atoms with van der Waals surface area (Å²) >= 11 is 0. The zero-order valence-electron chi connectivity index (χ0n) is 17.5. The molecular weight excluding hydrogens is 386 g/mol. The largest absolute Gasteiger partial charge is 0.507 e. The second-order valence-corrected chi connectivity index (χ2v) is 7.67. The Morgan fingerprint density at radius 2 is 1.70 bits per heavy atom. The number of ketones is 1. The summed E-state index contributed by atoms with van der Waals surface area (Å²) in [6, 6.07) is 0. The Morgan fingerprint density at radius 3 is 2.37 bits per heavy atom. The van der Waals surface area contributed by atoms with Crippen LogP contribution in [0, 0.1) is 0 Å². The molecule has 4 N–H and O–H groups in total. The summed E-state index contributed by atoms with van der Waals surface area (Å²) in [7, 11) is 0. The number of phenolic OH excluding ortho intramolecular Hbond substituents is 1. The fourth-order valence-electron chi connectivity index (χ4n) is 3.72. The van der Waals surface area contributed by atoms with Crippen molar-refractivity contribution in [3.05, 3.63) is 34.4 Å². The van der Waals surface area contributed by atoms with Crippen molar-refractivity contribution < 1.29 is 29.7 Å². The number of nitrogens with one attached hydrogen (secondary N) is 1. The number of aromatic carboxylic acids is 1. The Balaban J connectivity index is 1.90. The number of aromatic hydroxyl groups is 2. The molecule has 30 heavy (non-hydrogen) atoms. The van der Waals surface area contributed by atoms with Crippen molar-refractivity contribution in [1.82, 2.24) is 5.32 Å². The molecule has 0 bridgehead atoms. The lowest BCUT2D eigenvalue weighted by atomic mass is 9.93. The van der Waals surface area contributed by atoms with Crippen molar-refractivity contribution in [3.8, 4) is 11.5 Å². The molecule has 0 saturated carbocycles. The number of carboxylic acids is 1. The predicted octanol–water partition coefficient (Wildman–Crippen LogP) is 4.24. The number of fused-ring (bicyclic) bond motifs is 1. The first-order valence-electron chi connectivity index (χ1n) is 10.7. The second kappa shape index (κ2) is 11.4. The summed E-state index contributed by atoms with van der Waals surface area (Å²) in [4.78, 5) is 35.5. The summed E-state index contributed by atoms with van der Waals surface area (Å²) in [5.41, 5.74) is -0.625. The average Bonchev–Trinajstić information content (AvgIpc) is 3.08. The number of benzene rings is 1. The molecule has 0 fully saturated rings. The van der Waals surface area contributed by atoms with E-state index < -0.39 is 23.2 Å². The van der Waals surface area contributed by atoms with Crippen LogP contribution >= 0.6 is 0 Å². The van der Waals surface area contributed by atoms with Crippen LogP contribution < -0.4 is 5.32 Å². The number of carbonyl (C=O) groups excluding carboxylic acids is 2. The molecule has 0 radical (unpaired) electrons. The minimum absolute atomic E-state index is 0.0139. The molecule has 1 aromatic carbocycles. The monoisotopic (exact) mass is 417 g/mol. The Bertz CT molecular complexity index is 828. The molecule has 0 saturated heterocycles. The summed E-state index contributed by atoms with van der Waals surface area (Å²) in [5, 5.41) is 32.6. The normalized spacial score (nSPS) is 12.9. The smallest absolute Gasteiger partial charge is 0.340 e. The van der Waals surface area contributed by atoms with E-state index >= 15 is 0 Å². The van der Waals surface area contributed by atoms with Crippen LogP contribution in [0.15, 0.2) is 12.2 Å². The maximum atomic E-state index is 12.1. The summed E-state index contributed by atoms with van der Waals surface area (Å²) in [5.74, 6) is -3.25. The van der Waals surface area contributed by atoms with Gasteiger partial charge in [-0.2, -0.15) is 0 Å². The highest BCUT2D eigenvalue weighted by atomic mass is 16.4. The predicted molar refractivity (Wildman–Crippen MR) is 113 cm³/mol. The summed E-state index contributed by atoms with van der Waals surface area (Å²) in [6.07, 6.45) is 12.6. The Labute approximate surface area is 176 Å². The number of hydrogen-bond acceptors (Lipinski definition) is 5. The minimum Gasteiger partial charge on any atom is -0.507 e. The molecule has 1 amide bonds. The van der Waals surface area contributed by atoms with E-state index in [1.807, 2.05) is 6.08 Å². The number of amides is 1. The molecule has 7 nitrogen and oxygen atoms in total. The maximum Gasteiger partial charge on any atom is 0.340 e. The van der Waals surface area contributed by atoms with Gasteiger partial charge in [-0.1, -0.05) is 51.5 Å². The molecule has 1 heterocycles. The van der Waals surface area contributed by atoms with E-state index in [1.165, 1.54) is 38.2 Å². The molecule has 7 heteroatoms. The molecule has 1 aliphatic rings. The molecule has 1 aromatic rings. The summed E-state index contributed by atoms with van der Waals surface area (Å²) < 4.78 is 0. The van der Waals surface area contributed by atoms with Crippen LogP contribution in [0.4, 0.5) is 0 Å². The first kappa shape index (κ1) is 23.4. The van der Waals surface area contributed by atoms with Crippen LogP contribution in [-0.4, -0.2) is 33.0 Å². The van der Waals surface area contributed by atoms with Gasteiger partial charge in [-0.25, -0.2) is 4.79 Å². The second-order valence-electron chi connectivity index (χ2n) is 7.67. The number of unbranched alkanes of at least 4 members (excludes halogenated alkanes) is 7. The molecule has 0 spiro atoms. The van der Waals surface area contributed by atoms with Crippen molar-refractivity contribution in [2.45, 2.75) is 77.7 Å². The van der Waals surface area contributed by atoms with E-state index in [0.717, 1.165) is 19.3 Å². The van der Waals surface area contributed by atoms with Crippen LogP contribution in [0.25, 0.3) is 0 Å². The van der Waals surface area contributed by atoms with Crippen LogP contribution in [0.2, 0.25) is 0 Å². The van der Waals surface area contributed by atoms with Gasteiger partial charge in [0.1, 0.15) is 17.1 Å². The minimum atomic E-state index is -1.46. The number of rotatable bonds is 13. The van der Waals surface area contributed by atoms with E-state index in [1.54, 1.807) is 0 Å². The standard InChI is InChI=1S/C23H31NO6/c1-2-3-4-5-6-7-8-9-10-11-15(25)12-13-16-20(26)17-14-24-22(28)18(17)19(21(16)27)23(29)30/h10-11,26-27H,2-9,12-14H2,1H3,(H,24,28)(H,29,30). The molecule has 0 aromatic heterocycles. The molecule has 2 rings (SSSR count). The Kier molecular flexibility index (Phi) is 8.89. The highest BCUT2D eigenvalue weighted by Gasteiger charge is 2.34. The zero-order valence-corrected chi connectivity index (χ0v) is 17.5. The van der Waals surface area contributed by atoms with Crippen molar-refractivity contribution in [1.29, 1.82) is 0 Å². The van der Waals surface area contributed by atoms with Crippen molar-refractivity contribution in [2.75, 3.05) is 0 Å². The third kappa shape index (κ3) is 5.84. The number of carbonyl (C=O) groups is 3. The Hall–Kier alpha value is -2.83. The fourth-order valence-corrected chi connectivity index (χ4v) is 3.72. The topological polar surface area (TPSA) is 124 Å². The van der Waals surface area contributed by atoms with E-state index in [0.29, 0.717) is 0 Å². The first-order valence-corrected chi connectivity index (χ1v) is 10.7. The molecule has 1 aliphatic heterocycles. The number of allylic oxidation sites excluding steroid dienone is 2. The summed E-state index contributed by atoms with van der Waals surface area (Å²) in [6.45, 7) is 2.18. The van der Waals surface area contributed by atoms with Crippen molar-refractivity contribution in [2.24, 2.45) is 0 Å². The third-order valence-corrected chi connectivity index (χ3v) is 5.41. The van der Waals surface area contributed by atoms with Gasteiger partial charge >= 0.3 is 5.97 Å². The highest BCUT2D eigenvalue weighted by molar-refractivity contribution is 6.10. The molecule has 0 atom stereocenters. The van der Waals surface area contributed by atoms with Gasteiger partial charge in [0, 0.05) is 24.1 Å². The SMILES string of the molecule is CCCCCCCCCC=CC(=O)CCc1c(O)c2c(c(C(=O)O)c1O)C(=O)NC2. The molecule has 164 valence electrons. The van der Waals surface area contributed by atoms with E-state index in [2.05, 4.69) is 12.2 Å². The van der Waals surface area contributed by atoms with Crippen molar-refractivity contribution in [3.63, 3.8) is 0 Å². The van der Waals surface area contributed by atoms with E-state index in [4.69, 9.17) is 0 Å². The fraction of sp³-hybridized carbons (Fsp3) is 0.522. The number of phenols is 2. The molecule has 0 aliphatic carbocycles. The Morgan fingerprint density at radius 1 is 1.03 bits per heavy atom. The van der Waals surface area contributed by atoms with Crippen LogP contribution in [0.1, 0.15) is 96.6 Å². The van der Waals surface area contributed by atoms with E-state index in [9.17, 15) is 29.7 Å². The van der Waals surface area contributed by atoms with Gasteiger partial charge in [-0.05, 0) is 25.3 Å². The quantitative estimate of drug-likeness (QED) is 0.281. The van der Waals surface area contributed by atoms with Gasteiger partial charge < -0.3 is 20.6 Å². The van der Waals surface area contributed by atoms with E-state index in [-0.39, 0.29) is 47.6 Å². The lowest BCUT2D eigenvalue weighted by molar-refractivity contribution is -0.114. The molecular formula is C23H31NO6. The zero-order chi connectivity index (χ0) is 22.1. The van der Waals surface area contributed by atoms with Crippen LogP contribution in [0.5, 0.6) is 11.5 Å². The van der Waals surface area contributed by atoms with Gasteiger partial charge in [0.2, 0.25) is 0 Å².